The summed E-state index contributed by atoms with van der Waals surface area (Å²) in [5, 5.41) is 2.33. The lowest BCUT2D eigenvalue weighted by molar-refractivity contribution is 0.0977. The van der Waals surface area contributed by atoms with Crippen LogP contribution in [0.5, 0.6) is 5.75 Å². The summed E-state index contributed by atoms with van der Waals surface area (Å²) in [6.07, 6.45) is 2.11. The van der Waals surface area contributed by atoms with Gasteiger partial charge in [-0.1, -0.05) is 13.3 Å². The molecule has 0 bridgehead atoms. The van der Waals surface area contributed by atoms with Crippen LogP contribution in [-0.2, 0) is 0 Å². The number of carbonyl (C=O) groups excluding carboxylic acids is 1. The summed E-state index contributed by atoms with van der Waals surface area (Å²) in [6, 6.07) is 6.86. The van der Waals surface area contributed by atoms with Gasteiger partial charge in [0.25, 0.3) is 5.91 Å². The minimum Gasteiger partial charge on any atom is -0.494 e. The second-order valence-electron chi connectivity index (χ2n) is 3.54. The third-order valence-electron chi connectivity index (χ3n) is 2.12. The van der Waals surface area contributed by atoms with Crippen molar-refractivity contribution < 1.29 is 9.53 Å². The van der Waals surface area contributed by atoms with Crippen molar-refractivity contribution in [2.75, 3.05) is 6.61 Å². The first-order chi connectivity index (χ1) is 8.13. The highest BCUT2D eigenvalue weighted by Crippen LogP contribution is 2.12. The van der Waals surface area contributed by atoms with Crippen molar-refractivity contribution in [2.45, 2.75) is 19.8 Å². The molecule has 1 aromatic carbocycles. The topological polar surface area (TPSA) is 64.3 Å². The fourth-order valence-electron chi connectivity index (χ4n) is 1.22. The van der Waals surface area contributed by atoms with E-state index in [0.717, 1.165) is 18.6 Å². The van der Waals surface area contributed by atoms with Gasteiger partial charge < -0.3 is 10.5 Å². The molecule has 3 N–H and O–H groups in total. The average molecular weight is 252 g/mol. The summed E-state index contributed by atoms with van der Waals surface area (Å²) in [4.78, 5) is 11.5. The van der Waals surface area contributed by atoms with E-state index in [4.69, 9.17) is 10.5 Å². The van der Waals surface area contributed by atoms with Crippen molar-refractivity contribution in [3.05, 3.63) is 29.8 Å². The minimum absolute atomic E-state index is 0.0294. The molecule has 1 amide bonds. The van der Waals surface area contributed by atoms with Gasteiger partial charge in [0.1, 0.15) is 5.75 Å². The summed E-state index contributed by atoms with van der Waals surface area (Å²) >= 11 is 4.59. The first-order valence-corrected chi connectivity index (χ1v) is 5.88. The first kappa shape index (κ1) is 13.4. The summed E-state index contributed by atoms with van der Waals surface area (Å²) in [7, 11) is 0. The van der Waals surface area contributed by atoms with Gasteiger partial charge in [-0.15, -0.1) is 0 Å². The highest BCUT2D eigenvalue weighted by molar-refractivity contribution is 7.80. The third kappa shape index (κ3) is 4.82. The van der Waals surface area contributed by atoms with E-state index in [-0.39, 0.29) is 11.0 Å². The van der Waals surface area contributed by atoms with E-state index in [2.05, 4.69) is 24.5 Å². The Kier molecular flexibility index (Phi) is 5.42. The van der Waals surface area contributed by atoms with Gasteiger partial charge in [0.05, 0.1) is 6.61 Å². The molecule has 0 unspecified atom stereocenters. The smallest absolute Gasteiger partial charge is 0.257 e. The predicted octanol–water partition coefficient (Wildman–Crippen LogP) is 1.84. The Morgan fingerprint density at radius 3 is 2.59 bits per heavy atom. The molecule has 0 saturated heterocycles. The zero-order valence-electron chi connectivity index (χ0n) is 9.73. The molecule has 1 rings (SSSR count). The second kappa shape index (κ2) is 6.85. The van der Waals surface area contributed by atoms with Crippen molar-refractivity contribution in [3.63, 3.8) is 0 Å². The van der Waals surface area contributed by atoms with Gasteiger partial charge in [0.15, 0.2) is 5.11 Å². The summed E-state index contributed by atoms with van der Waals surface area (Å²) in [6.45, 7) is 2.79. The van der Waals surface area contributed by atoms with Crippen LogP contribution in [0.25, 0.3) is 0 Å². The molecule has 1 aromatic rings. The van der Waals surface area contributed by atoms with E-state index in [1.54, 1.807) is 24.3 Å². The standard InChI is InChI=1S/C12H16N2O2S/c1-2-3-8-16-10-6-4-9(5-7-10)11(15)14-12(13)17/h4-7H,2-3,8H2,1H3,(H3,13,14,15,17). The molecule has 92 valence electrons. The van der Waals surface area contributed by atoms with Crippen molar-refractivity contribution in [3.8, 4) is 5.75 Å². The Morgan fingerprint density at radius 2 is 2.06 bits per heavy atom. The Labute approximate surface area is 106 Å². The largest absolute Gasteiger partial charge is 0.494 e. The lowest BCUT2D eigenvalue weighted by Gasteiger charge is -2.06. The molecule has 5 heteroatoms. The Bertz CT molecular complexity index is 390. The zero-order valence-corrected chi connectivity index (χ0v) is 10.5. The maximum Gasteiger partial charge on any atom is 0.257 e. The van der Waals surface area contributed by atoms with E-state index < -0.39 is 0 Å². The quantitative estimate of drug-likeness (QED) is 0.620. The number of nitrogens with two attached hydrogens (primary N) is 1. The Hall–Kier alpha value is -1.62. The predicted molar refractivity (Wildman–Crippen MR) is 71.1 cm³/mol. The molecule has 0 spiro atoms. The molecule has 0 saturated carbocycles. The average Bonchev–Trinajstić information content (AvgIpc) is 2.29. The molecule has 0 aliphatic rings. The molecule has 0 aromatic heterocycles. The molecule has 0 fully saturated rings. The van der Waals surface area contributed by atoms with Gasteiger partial charge in [-0.25, -0.2) is 0 Å². The van der Waals surface area contributed by atoms with Crippen LogP contribution in [0.15, 0.2) is 24.3 Å². The molecule has 0 heterocycles. The molecular weight excluding hydrogens is 236 g/mol. The van der Waals surface area contributed by atoms with Crippen LogP contribution in [0.3, 0.4) is 0 Å². The molecule has 0 aliphatic carbocycles. The van der Waals surface area contributed by atoms with Crippen LogP contribution in [-0.4, -0.2) is 17.6 Å². The summed E-state index contributed by atoms with van der Waals surface area (Å²) < 4.78 is 5.48. The highest BCUT2D eigenvalue weighted by Gasteiger charge is 2.05. The molecular formula is C12H16N2O2S. The number of benzene rings is 1. The van der Waals surface area contributed by atoms with Crippen molar-refractivity contribution in [2.24, 2.45) is 5.73 Å². The molecule has 0 atom stereocenters. The van der Waals surface area contributed by atoms with E-state index >= 15 is 0 Å². The van der Waals surface area contributed by atoms with Gasteiger partial charge in [0, 0.05) is 5.56 Å². The minimum atomic E-state index is -0.308. The molecule has 0 radical (unpaired) electrons. The van der Waals surface area contributed by atoms with Crippen molar-refractivity contribution in [1.82, 2.24) is 5.32 Å². The van der Waals surface area contributed by atoms with Crippen LogP contribution < -0.4 is 15.8 Å². The maximum atomic E-state index is 11.5. The zero-order chi connectivity index (χ0) is 12.7. The SMILES string of the molecule is CCCCOc1ccc(C(=O)NC(N)=S)cc1. The number of hydrogen-bond acceptors (Lipinski definition) is 3. The lowest BCUT2D eigenvalue weighted by Crippen LogP contribution is -2.34. The van der Waals surface area contributed by atoms with Crippen LogP contribution >= 0.6 is 12.2 Å². The van der Waals surface area contributed by atoms with Gasteiger partial charge in [-0.05, 0) is 42.9 Å². The summed E-state index contributed by atoms with van der Waals surface area (Å²) in [5.41, 5.74) is 5.72. The second-order valence-corrected chi connectivity index (χ2v) is 3.98. The highest BCUT2D eigenvalue weighted by atomic mass is 32.1. The van der Waals surface area contributed by atoms with Crippen LogP contribution in [0.1, 0.15) is 30.1 Å². The Balaban J connectivity index is 2.55. The van der Waals surface area contributed by atoms with Crippen LogP contribution in [0.2, 0.25) is 0 Å². The van der Waals surface area contributed by atoms with E-state index in [0.29, 0.717) is 12.2 Å². The van der Waals surface area contributed by atoms with Crippen LogP contribution in [0, 0.1) is 0 Å². The third-order valence-corrected chi connectivity index (χ3v) is 2.22. The molecule has 4 nitrogen and oxygen atoms in total. The number of thiocarbonyl (C=S) groups is 1. The van der Waals surface area contributed by atoms with Gasteiger partial charge in [-0.2, -0.15) is 0 Å². The number of ether oxygens (including phenoxy) is 1. The van der Waals surface area contributed by atoms with E-state index in [1.807, 2.05) is 0 Å². The number of amides is 1. The number of nitrogens with one attached hydrogen (secondary N) is 1. The fourth-order valence-corrected chi connectivity index (χ4v) is 1.31. The van der Waals surface area contributed by atoms with Crippen molar-refractivity contribution >= 4 is 23.2 Å². The van der Waals surface area contributed by atoms with Crippen LogP contribution in [0.4, 0.5) is 0 Å². The van der Waals surface area contributed by atoms with Gasteiger partial charge in [0.2, 0.25) is 0 Å². The van der Waals surface area contributed by atoms with Gasteiger partial charge in [-0.3, -0.25) is 10.1 Å². The number of carbonyl (C=O) groups is 1. The normalized spacial score (nSPS) is 9.71. The maximum absolute atomic E-state index is 11.5. The number of hydrogen-bond donors (Lipinski definition) is 2. The fraction of sp³-hybridized carbons (Fsp3) is 0.333. The molecule has 0 aliphatic heterocycles. The Morgan fingerprint density at radius 1 is 1.41 bits per heavy atom. The number of rotatable bonds is 5. The summed E-state index contributed by atoms with van der Waals surface area (Å²) in [5.74, 6) is 0.447. The molecule has 17 heavy (non-hydrogen) atoms. The first-order valence-electron chi connectivity index (χ1n) is 5.47. The van der Waals surface area contributed by atoms with Gasteiger partial charge >= 0.3 is 0 Å². The monoisotopic (exact) mass is 252 g/mol. The van der Waals surface area contributed by atoms with Crippen molar-refractivity contribution in [1.29, 1.82) is 0 Å². The number of unbranched alkanes of at least 4 members (excludes halogenated alkanes) is 1. The van der Waals surface area contributed by atoms with E-state index in [1.165, 1.54) is 0 Å². The van der Waals surface area contributed by atoms with E-state index in [9.17, 15) is 4.79 Å². The lowest BCUT2D eigenvalue weighted by atomic mass is 10.2.